The Hall–Kier alpha value is -1.77. The van der Waals surface area contributed by atoms with E-state index in [9.17, 15) is 9.90 Å². The molecule has 0 amide bonds. The second-order valence-electron chi connectivity index (χ2n) is 3.92. The van der Waals surface area contributed by atoms with E-state index < -0.39 is 5.97 Å². The van der Waals surface area contributed by atoms with Crippen molar-refractivity contribution in [3.63, 3.8) is 0 Å². The van der Waals surface area contributed by atoms with Crippen molar-refractivity contribution in [2.75, 3.05) is 0 Å². The maximum atomic E-state index is 11.3. The molecule has 2 aromatic carbocycles. The van der Waals surface area contributed by atoms with Crippen LogP contribution in [0.15, 0.2) is 48.5 Å². The van der Waals surface area contributed by atoms with Crippen LogP contribution in [-0.4, -0.2) is 11.1 Å². The SMILES string of the molecule is O=C(O)C(=Cc1ccc(Cl)cc1)c1ccc(Cl)cc1. The molecule has 0 aromatic heterocycles. The first-order chi connectivity index (χ1) is 9.06. The fourth-order valence-corrected chi connectivity index (χ4v) is 1.88. The Bertz CT molecular complexity index is 614. The van der Waals surface area contributed by atoms with Gasteiger partial charge in [0.1, 0.15) is 0 Å². The van der Waals surface area contributed by atoms with Crippen molar-refractivity contribution in [3.8, 4) is 0 Å². The van der Waals surface area contributed by atoms with Gasteiger partial charge in [-0.3, -0.25) is 0 Å². The number of hydrogen-bond acceptors (Lipinski definition) is 1. The maximum absolute atomic E-state index is 11.3. The number of carboxylic acid groups (broad SMARTS) is 1. The molecular formula is C15H10Cl2O2. The van der Waals surface area contributed by atoms with Crippen LogP contribution in [0.2, 0.25) is 10.0 Å². The molecule has 0 radical (unpaired) electrons. The average Bonchev–Trinajstić information content (AvgIpc) is 2.39. The first kappa shape index (κ1) is 13.7. The van der Waals surface area contributed by atoms with Gasteiger partial charge in [0.15, 0.2) is 0 Å². The second-order valence-corrected chi connectivity index (χ2v) is 4.79. The highest BCUT2D eigenvalue weighted by atomic mass is 35.5. The molecule has 0 spiro atoms. The maximum Gasteiger partial charge on any atom is 0.336 e. The highest BCUT2D eigenvalue weighted by molar-refractivity contribution is 6.31. The van der Waals surface area contributed by atoms with Gasteiger partial charge < -0.3 is 5.11 Å². The van der Waals surface area contributed by atoms with Crippen LogP contribution in [0, 0.1) is 0 Å². The number of halogens is 2. The quantitative estimate of drug-likeness (QED) is 0.662. The van der Waals surface area contributed by atoms with Crippen molar-refractivity contribution in [2.24, 2.45) is 0 Å². The number of carbonyl (C=O) groups is 1. The molecule has 0 unspecified atom stereocenters. The summed E-state index contributed by atoms with van der Waals surface area (Å²) in [4.78, 5) is 11.3. The molecule has 2 rings (SSSR count). The highest BCUT2D eigenvalue weighted by Gasteiger charge is 2.10. The molecule has 4 heteroatoms. The third-order valence-electron chi connectivity index (χ3n) is 2.57. The van der Waals surface area contributed by atoms with E-state index in [1.54, 1.807) is 54.6 Å². The van der Waals surface area contributed by atoms with Gasteiger partial charge in [-0.15, -0.1) is 0 Å². The molecule has 96 valence electrons. The largest absolute Gasteiger partial charge is 0.478 e. The van der Waals surface area contributed by atoms with Gasteiger partial charge in [0.05, 0.1) is 5.57 Å². The van der Waals surface area contributed by atoms with Crippen molar-refractivity contribution < 1.29 is 9.90 Å². The molecule has 0 bridgehead atoms. The summed E-state index contributed by atoms with van der Waals surface area (Å²) in [6, 6.07) is 13.6. The van der Waals surface area contributed by atoms with Crippen molar-refractivity contribution in [1.82, 2.24) is 0 Å². The van der Waals surface area contributed by atoms with E-state index in [0.717, 1.165) is 5.56 Å². The van der Waals surface area contributed by atoms with E-state index in [-0.39, 0.29) is 5.57 Å². The zero-order valence-corrected chi connectivity index (χ0v) is 11.3. The molecule has 0 saturated carbocycles. The Morgan fingerprint density at radius 3 is 1.84 bits per heavy atom. The fourth-order valence-electron chi connectivity index (χ4n) is 1.62. The number of aliphatic carboxylic acids is 1. The van der Waals surface area contributed by atoms with E-state index >= 15 is 0 Å². The van der Waals surface area contributed by atoms with Crippen LogP contribution in [0.3, 0.4) is 0 Å². The number of carboxylic acids is 1. The molecule has 0 atom stereocenters. The van der Waals surface area contributed by atoms with Gasteiger partial charge in [-0.1, -0.05) is 47.5 Å². The topological polar surface area (TPSA) is 37.3 Å². The van der Waals surface area contributed by atoms with Crippen molar-refractivity contribution in [3.05, 3.63) is 69.7 Å². The molecule has 0 aliphatic carbocycles. The van der Waals surface area contributed by atoms with Crippen LogP contribution in [0.4, 0.5) is 0 Å². The molecule has 0 saturated heterocycles. The van der Waals surface area contributed by atoms with Crippen LogP contribution < -0.4 is 0 Å². The minimum Gasteiger partial charge on any atom is -0.478 e. The third-order valence-corrected chi connectivity index (χ3v) is 3.07. The molecule has 0 aliphatic rings. The Morgan fingerprint density at radius 2 is 1.37 bits per heavy atom. The fraction of sp³-hybridized carbons (Fsp3) is 0. The summed E-state index contributed by atoms with van der Waals surface area (Å²) in [5, 5.41) is 10.5. The highest BCUT2D eigenvalue weighted by Crippen LogP contribution is 2.21. The summed E-state index contributed by atoms with van der Waals surface area (Å²) < 4.78 is 0. The van der Waals surface area contributed by atoms with Crippen LogP contribution in [0.25, 0.3) is 11.6 Å². The van der Waals surface area contributed by atoms with Gasteiger partial charge in [-0.2, -0.15) is 0 Å². The molecule has 0 aliphatic heterocycles. The van der Waals surface area contributed by atoms with Gasteiger partial charge in [-0.05, 0) is 41.5 Å². The lowest BCUT2D eigenvalue weighted by Gasteiger charge is -2.03. The smallest absolute Gasteiger partial charge is 0.336 e. The van der Waals surface area contributed by atoms with Crippen LogP contribution in [-0.2, 0) is 4.79 Å². The van der Waals surface area contributed by atoms with E-state index in [1.807, 2.05) is 0 Å². The Labute approximate surface area is 120 Å². The van der Waals surface area contributed by atoms with Crippen molar-refractivity contribution >= 4 is 40.8 Å². The lowest BCUT2D eigenvalue weighted by atomic mass is 10.0. The lowest BCUT2D eigenvalue weighted by Crippen LogP contribution is -1.99. The van der Waals surface area contributed by atoms with Gasteiger partial charge >= 0.3 is 5.97 Å². The van der Waals surface area contributed by atoms with E-state index in [1.165, 1.54) is 0 Å². The standard InChI is InChI=1S/C15H10Cl2O2/c16-12-5-1-10(2-6-12)9-14(15(18)19)11-3-7-13(17)8-4-11/h1-9H,(H,18,19). The predicted molar refractivity (Wildman–Crippen MR) is 78.4 cm³/mol. The first-order valence-electron chi connectivity index (χ1n) is 5.53. The van der Waals surface area contributed by atoms with Gasteiger partial charge in [0, 0.05) is 10.0 Å². The van der Waals surface area contributed by atoms with E-state index in [0.29, 0.717) is 15.6 Å². The first-order valence-corrected chi connectivity index (χ1v) is 6.28. The Balaban J connectivity index is 2.43. The average molecular weight is 293 g/mol. The van der Waals surface area contributed by atoms with E-state index in [4.69, 9.17) is 23.2 Å². The summed E-state index contributed by atoms with van der Waals surface area (Å²) in [5.41, 5.74) is 1.59. The van der Waals surface area contributed by atoms with Gasteiger partial charge in [-0.25, -0.2) is 4.79 Å². The predicted octanol–water partition coefficient (Wildman–Crippen LogP) is 4.62. The monoisotopic (exact) mass is 292 g/mol. The van der Waals surface area contributed by atoms with Crippen molar-refractivity contribution in [2.45, 2.75) is 0 Å². The van der Waals surface area contributed by atoms with Gasteiger partial charge in [0.25, 0.3) is 0 Å². The molecule has 1 N–H and O–H groups in total. The summed E-state index contributed by atoms with van der Waals surface area (Å²) in [7, 11) is 0. The molecule has 2 aromatic rings. The summed E-state index contributed by atoms with van der Waals surface area (Å²) >= 11 is 11.6. The molecule has 2 nitrogen and oxygen atoms in total. The summed E-state index contributed by atoms with van der Waals surface area (Å²) in [6.45, 7) is 0. The third kappa shape index (κ3) is 3.60. The zero-order valence-electron chi connectivity index (χ0n) is 9.81. The minimum absolute atomic E-state index is 0.207. The zero-order chi connectivity index (χ0) is 13.8. The summed E-state index contributed by atoms with van der Waals surface area (Å²) in [5.74, 6) is -0.989. The Kier molecular flexibility index (Phi) is 4.25. The molecule has 0 heterocycles. The number of hydrogen-bond donors (Lipinski definition) is 1. The molecule has 0 fully saturated rings. The normalized spacial score (nSPS) is 11.4. The number of rotatable bonds is 3. The minimum atomic E-state index is -0.989. The molecular weight excluding hydrogens is 283 g/mol. The van der Waals surface area contributed by atoms with Crippen molar-refractivity contribution in [1.29, 1.82) is 0 Å². The second kappa shape index (κ2) is 5.91. The van der Waals surface area contributed by atoms with Crippen LogP contribution in [0.5, 0.6) is 0 Å². The van der Waals surface area contributed by atoms with Crippen LogP contribution >= 0.6 is 23.2 Å². The number of benzene rings is 2. The summed E-state index contributed by atoms with van der Waals surface area (Å²) in [6.07, 6.45) is 1.60. The molecule has 19 heavy (non-hydrogen) atoms. The lowest BCUT2D eigenvalue weighted by molar-refractivity contribution is -0.130. The van der Waals surface area contributed by atoms with Gasteiger partial charge in [0.2, 0.25) is 0 Å². The van der Waals surface area contributed by atoms with Crippen LogP contribution in [0.1, 0.15) is 11.1 Å². The van der Waals surface area contributed by atoms with E-state index in [2.05, 4.69) is 0 Å². The Morgan fingerprint density at radius 1 is 0.895 bits per heavy atom.